The Morgan fingerprint density at radius 1 is 1.39 bits per heavy atom. The molecule has 5 nitrogen and oxygen atoms in total. The molecule has 1 amide bonds. The van der Waals surface area contributed by atoms with Crippen molar-refractivity contribution in [3.63, 3.8) is 0 Å². The largest absolute Gasteiger partial charge is 0.381 e. The first-order valence-corrected chi connectivity index (χ1v) is 8.90. The molecule has 2 aromatic rings. The van der Waals surface area contributed by atoms with Crippen LogP contribution in [0.4, 0.5) is 0 Å². The van der Waals surface area contributed by atoms with Crippen LogP contribution >= 0.6 is 11.5 Å². The minimum Gasteiger partial charge on any atom is -0.381 e. The van der Waals surface area contributed by atoms with E-state index in [-0.39, 0.29) is 18.0 Å². The maximum atomic E-state index is 12.5. The highest BCUT2D eigenvalue weighted by molar-refractivity contribution is 7.13. The van der Waals surface area contributed by atoms with E-state index < -0.39 is 0 Å². The molecule has 1 aromatic heterocycles. The highest BCUT2D eigenvalue weighted by Crippen LogP contribution is 2.19. The number of rotatable bonds is 6. The average Bonchev–Trinajstić information content (AvgIpc) is 3.14. The van der Waals surface area contributed by atoms with Gasteiger partial charge in [-0.05, 0) is 25.0 Å². The van der Waals surface area contributed by atoms with Gasteiger partial charge in [-0.25, -0.2) is 0 Å². The highest BCUT2D eigenvalue weighted by Gasteiger charge is 2.26. The summed E-state index contributed by atoms with van der Waals surface area (Å²) >= 11 is 1.36. The van der Waals surface area contributed by atoms with Crippen LogP contribution in [-0.2, 0) is 16.1 Å². The number of carbonyl (C=O) groups excluding carboxylic acids is 1. The minimum atomic E-state index is -0.0685. The molecule has 1 saturated heterocycles. The third kappa shape index (κ3) is 3.64. The zero-order chi connectivity index (χ0) is 16.2. The number of fused-ring (bicyclic) bond motifs is 1. The fraction of sp³-hybridized carbons (Fsp3) is 0.529. The second-order valence-corrected chi connectivity index (χ2v) is 7.06. The van der Waals surface area contributed by atoms with E-state index in [9.17, 15) is 9.59 Å². The van der Waals surface area contributed by atoms with E-state index in [0.717, 1.165) is 43.8 Å². The van der Waals surface area contributed by atoms with E-state index in [1.54, 1.807) is 3.96 Å². The molecule has 1 aromatic carbocycles. The fourth-order valence-electron chi connectivity index (χ4n) is 2.93. The van der Waals surface area contributed by atoms with Gasteiger partial charge in [-0.3, -0.25) is 13.5 Å². The maximum Gasteiger partial charge on any atom is 0.268 e. The fourth-order valence-corrected chi connectivity index (χ4v) is 3.92. The van der Waals surface area contributed by atoms with E-state index in [2.05, 4.69) is 6.92 Å². The summed E-state index contributed by atoms with van der Waals surface area (Å²) in [6.07, 6.45) is 2.00. The smallest absolute Gasteiger partial charge is 0.268 e. The lowest BCUT2D eigenvalue weighted by Gasteiger charge is -2.16. The molecular formula is C17H22N2O3S. The third-order valence-electron chi connectivity index (χ3n) is 4.17. The summed E-state index contributed by atoms with van der Waals surface area (Å²) in [7, 11) is 0. The Bertz CT molecular complexity index is 737. The Hall–Kier alpha value is -1.66. The molecule has 0 spiro atoms. The van der Waals surface area contributed by atoms with Crippen LogP contribution in [0, 0.1) is 5.92 Å². The number of hydrogen-bond acceptors (Lipinski definition) is 4. The second-order valence-electron chi connectivity index (χ2n) is 6.00. The lowest BCUT2D eigenvalue weighted by molar-refractivity contribution is -0.130. The van der Waals surface area contributed by atoms with Gasteiger partial charge < -0.3 is 9.64 Å². The van der Waals surface area contributed by atoms with Gasteiger partial charge in [0.25, 0.3) is 5.56 Å². The van der Waals surface area contributed by atoms with Crippen LogP contribution in [0.3, 0.4) is 0 Å². The van der Waals surface area contributed by atoms with Crippen molar-refractivity contribution in [3.8, 4) is 0 Å². The molecule has 0 bridgehead atoms. The molecule has 124 valence electrons. The van der Waals surface area contributed by atoms with Crippen LogP contribution in [0.5, 0.6) is 0 Å². The predicted octanol–water partition coefficient (Wildman–Crippen LogP) is 2.34. The monoisotopic (exact) mass is 334 g/mol. The topological polar surface area (TPSA) is 51.5 Å². The van der Waals surface area contributed by atoms with Crippen molar-refractivity contribution >= 4 is 27.5 Å². The molecule has 1 atom stereocenters. The van der Waals surface area contributed by atoms with Gasteiger partial charge in [0.1, 0.15) is 6.54 Å². The van der Waals surface area contributed by atoms with Crippen LogP contribution in [-0.4, -0.2) is 41.1 Å². The maximum absolute atomic E-state index is 12.5. The minimum absolute atomic E-state index is 0.0247. The first kappa shape index (κ1) is 16.2. The van der Waals surface area contributed by atoms with Gasteiger partial charge in [-0.1, -0.05) is 30.6 Å². The number of aromatic nitrogens is 1. The van der Waals surface area contributed by atoms with Crippen molar-refractivity contribution in [2.45, 2.75) is 26.3 Å². The van der Waals surface area contributed by atoms with Crippen LogP contribution in [0.1, 0.15) is 19.8 Å². The number of hydrogen-bond donors (Lipinski definition) is 0. The lowest BCUT2D eigenvalue weighted by atomic mass is 10.1. The molecule has 0 unspecified atom stereocenters. The summed E-state index contributed by atoms with van der Waals surface area (Å²) in [6, 6.07) is 7.49. The second kappa shape index (κ2) is 7.27. The van der Waals surface area contributed by atoms with Gasteiger partial charge in [-0.15, -0.1) is 0 Å². The molecule has 0 saturated carbocycles. The quantitative estimate of drug-likeness (QED) is 0.762. The standard InChI is InChI=1S/C17H22N2O3S/c1-2-9-22-12-13-7-8-18(10-13)16(20)11-19-17(21)14-5-3-4-6-15(14)23-19/h3-6,13H,2,7-12H2,1H3/t13-/m1/s1. The van der Waals surface area contributed by atoms with E-state index in [0.29, 0.717) is 11.3 Å². The van der Waals surface area contributed by atoms with Gasteiger partial charge in [0, 0.05) is 25.6 Å². The molecule has 23 heavy (non-hydrogen) atoms. The summed E-state index contributed by atoms with van der Waals surface area (Å²) in [5.74, 6) is 0.446. The van der Waals surface area contributed by atoms with Crippen molar-refractivity contribution < 1.29 is 9.53 Å². The molecule has 1 fully saturated rings. The number of carbonyl (C=O) groups is 1. The Kier molecular flexibility index (Phi) is 5.13. The third-order valence-corrected chi connectivity index (χ3v) is 5.24. The van der Waals surface area contributed by atoms with E-state index in [1.165, 1.54) is 11.5 Å². The summed E-state index contributed by atoms with van der Waals surface area (Å²) in [5.41, 5.74) is -0.0685. The molecular weight excluding hydrogens is 312 g/mol. The summed E-state index contributed by atoms with van der Waals surface area (Å²) in [4.78, 5) is 26.6. The molecule has 1 aliphatic rings. The highest BCUT2D eigenvalue weighted by atomic mass is 32.1. The lowest BCUT2D eigenvalue weighted by Crippen LogP contribution is -2.34. The first-order valence-electron chi connectivity index (χ1n) is 8.13. The Morgan fingerprint density at radius 2 is 2.22 bits per heavy atom. The van der Waals surface area contributed by atoms with Crippen LogP contribution in [0.25, 0.3) is 10.1 Å². The molecule has 1 aliphatic heterocycles. The average molecular weight is 334 g/mol. The van der Waals surface area contributed by atoms with Crippen molar-refractivity contribution in [3.05, 3.63) is 34.6 Å². The van der Waals surface area contributed by atoms with E-state index in [1.807, 2.05) is 29.2 Å². The number of benzene rings is 1. The summed E-state index contributed by atoms with van der Waals surface area (Å²) in [6.45, 7) is 5.23. The number of amides is 1. The first-order chi connectivity index (χ1) is 11.2. The Labute approximate surface area is 139 Å². The van der Waals surface area contributed by atoms with Crippen molar-refractivity contribution in [2.75, 3.05) is 26.3 Å². The van der Waals surface area contributed by atoms with Crippen molar-refractivity contribution in [1.82, 2.24) is 8.86 Å². The number of ether oxygens (including phenoxy) is 1. The van der Waals surface area contributed by atoms with Crippen molar-refractivity contribution in [1.29, 1.82) is 0 Å². The summed E-state index contributed by atoms with van der Waals surface area (Å²) in [5, 5.41) is 0.692. The number of likely N-dealkylation sites (tertiary alicyclic amines) is 1. The Balaban J connectivity index is 1.61. The molecule has 3 rings (SSSR count). The van der Waals surface area contributed by atoms with E-state index in [4.69, 9.17) is 4.74 Å². The van der Waals surface area contributed by atoms with Gasteiger partial charge in [0.2, 0.25) is 5.91 Å². The van der Waals surface area contributed by atoms with Crippen LogP contribution < -0.4 is 5.56 Å². The molecule has 0 N–H and O–H groups in total. The molecule has 0 radical (unpaired) electrons. The van der Waals surface area contributed by atoms with Gasteiger partial charge in [-0.2, -0.15) is 0 Å². The number of nitrogens with zero attached hydrogens (tertiary/aromatic N) is 2. The van der Waals surface area contributed by atoms with Gasteiger partial charge in [0.05, 0.1) is 16.7 Å². The molecule has 6 heteroatoms. The normalized spacial score (nSPS) is 18.0. The zero-order valence-electron chi connectivity index (χ0n) is 13.4. The predicted molar refractivity (Wildman–Crippen MR) is 91.9 cm³/mol. The summed E-state index contributed by atoms with van der Waals surface area (Å²) < 4.78 is 8.07. The SMILES string of the molecule is CCCOC[C@@H]1CCN(C(=O)Cn2sc3ccccc3c2=O)C1. The van der Waals surface area contributed by atoms with Gasteiger partial charge >= 0.3 is 0 Å². The van der Waals surface area contributed by atoms with Crippen LogP contribution in [0.2, 0.25) is 0 Å². The van der Waals surface area contributed by atoms with E-state index >= 15 is 0 Å². The molecule has 0 aliphatic carbocycles. The van der Waals surface area contributed by atoms with Crippen LogP contribution in [0.15, 0.2) is 29.1 Å². The van der Waals surface area contributed by atoms with Crippen molar-refractivity contribution in [2.24, 2.45) is 5.92 Å². The van der Waals surface area contributed by atoms with Gasteiger partial charge in [0.15, 0.2) is 0 Å². The molecule has 2 heterocycles. The zero-order valence-corrected chi connectivity index (χ0v) is 14.2. The Morgan fingerprint density at radius 3 is 3.00 bits per heavy atom.